The first-order valence-electron chi connectivity index (χ1n) is 5.81. The Morgan fingerprint density at radius 2 is 1.87 bits per heavy atom. The number of hydrogen-bond acceptors (Lipinski definition) is 4. The van der Waals surface area contributed by atoms with Crippen molar-refractivity contribution in [2.24, 2.45) is 0 Å². The van der Waals surface area contributed by atoms with Gasteiger partial charge in [-0.3, -0.25) is 0 Å². The molecule has 2 rings (SSSR count). The van der Waals surface area contributed by atoms with E-state index in [1.54, 1.807) is 0 Å². The van der Waals surface area contributed by atoms with Crippen LogP contribution < -0.4 is 0 Å². The van der Waals surface area contributed by atoms with E-state index < -0.39 is 0 Å². The van der Waals surface area contributed by atoms with Crippen LogP contribution in [0.1, 0.15) is 19.8 Å². The molecule has 2 aliphatic rings. The van der Waals surface area contributed by atoms with Gasteiger partial charge in [-0.1, -0.05) is 6.92 Å². The maximum Gasteiger partial charge on any atom is 0.104 e. The zero-order chi connectivity index (χ0) is 10.5. The SMILES string of the molecule is CCC(CCOCC1CO1)OCC1CO1. The Hall–Kier alpha value is -0.160. The second-order valence-electron chi connectivity index (χ2n) is 4.14. The van der Waals surface area contributed by atoms with Gasteiger partial charge < -0.3 is 18.9 Å². The lowest BCUT2D eigenvalue weighted by Crippen LogP contribution is -2.18. The highest BCUT2D eigenvalue weighted by molar-refractivity contribution is 4.69. The van der Waals surface area contributed by atoms with E-state index in [-0.39, 0.29) is 0 Å². The van der Waals surface area contributed by atoms with Gasteiger partial charge in [0.15, 0.2) is 0 Å². The molecule has 3 atom stereocenters. The molecule has 4 heteroatoms. The predicted octanol–water partition coefficient (Wildman–Crippen LogP) is 0.986. The van der Waals surface area contributed by atoms with Crippen LogP contribution in [0.25, 0.3) is 0 Å². The van der Waals surface area contributed by atoms with Gasteiger partial charge in [-0.15, -0.1) is 0 Å². The summed E-state index contributed by atoms with van der Waals surface area (Å²) in [6.45, 7) is 6.12. The van der Waals surface area contributed by atoms with Crippen LogP contribution in [0.15, 0.2) is 0 Å². The average Bonchev–Trinajstić information content (AvgIpc) is 3.11. The highest BCUT2D eigenvalue weighted by Gasteiger charge is 2.24. The maximum absolute atomic E-state index is 5.70. The highest BCUT2D eigenvalue weighted by Crippen LogP contribution is 2.13. The minimum absolute atomic E-state index is 0.314. The Balaban J connectivity index is 1.45. The van der Waals surface area contributed by atoms with E-state index in [4.69, 9.17) is 18.9 Å². The normalized spacial score (nSPS) is 30.2. The first-order valence-corrected chi connectivity index (χ1v) is 5.81. The topological polar surface area (TPSA) is 43.5 Å². The van der Waals surface area contributed by atoms with Gasteiger partial charge in [0.25, 0.3) is 0 Å². The van der Waals surface area contributed by atoms with Crippen LogP contribution in [-0.2, 0) is 18.9 Å². The third kappa shape index (κ3) is 4.93. The molecule has 4 nitrogen and oxygen atoms in total. The van der Waals surface area contributed by atoms with Crippen molar-refractivity contribution >= 4 is 0 Å². The Kier molecular flexibility index (Phi) is 4.38. The molecule has 2 fully saturated rings. The van der Waals surface area contributed by atoms with Crippen LogP contribution in [0.3, 0.4) is 0 Å². The zero-order valence-electron chi connectivity index (χ0n) is 9.31. The molecule has 0 saturated carbocycles. The van der Waals surface area contributed by atoms with Crippen molar-refractivity contribution in [3.05, 3.63) is 0 Å². The molecule has 2 aliphatic heterocycles. The van der Waals surface area contributed by atoms with Crippen LogP contribution in [0.4, 0.5) is 0 Å². The zero-order valence-corrected chi connectivity index (χ0v) is 9.31. The van der Waals surface area contributed by atoms with Crippen LogP contribution in [-0.4, -0.2) is 51.3 Å². The lowest BCUT2D eigenvalue weighted by atomic mass is 10.2. The van der Waals surface area contributed by atoms with Crippen LogP contribution in [0.2, 0.25) is 0 Å². The largest absolute Gasteiger partial charge is 0.379 e. The fourth-order valence-corrected chi connectivity index (χ4v) is 1.41. The Labute approximate surface area is 90.8 Å². The van der Waals surface area contributed by atoms with Gasteiger partial charge in [0.1, 0.15) is 12.2 Å². The number of epoxide rings is 2. The summed E-state index contributed by atoms with van der Waals surface area (Å²) in [7, 11) is 0. The summed E-state index contributed by atoms with van der Waals surface area (Å²) >= 11 is 0. The number of hydrogen-bond donors (Lipinski definition) is 0. The summed E-state index contributed by atoms with van der Waals surface area (Å²) in [6, 6.07) is 0. The summed E-state index contributed by atoms with van der Waals surface area (Å²) < 4.78 is 21.3. The van der Waals surface area contributed by atoms with Gasteiger partial charge in [-0.05, 0) is 12.8 Å². The second kappa shape index (κ2) is 5.80. The van der Waals surface area contributed by atoms with E-state index >= 15 is 0 Å². The van der Waals surface area contributed by atoms with Gasteiger partial charge in [0.05, 0.1) is 32.5 Å². The summed E-state index contributed by atoms with van der Waals surface area (Å²) in [6.07, 6.45) is 3.05. The molecule has 15 heavy (non-hydrogen) atoms. The van der Waals surface area contributed by atoms with Crippen molar-refractivity contribution in [3.8, 4) is 0 Å². The molecule has 0 radical (unpaired) electrons. The van der Waals surface area contributed by atoms with Gasteiger partial charge >= 0.3 is 0 Å². The fraction of sp³-hybridized carbons (Fsp3) is 1.00. The molecule has 0 spiro atoms. The van der Waals surface area contributed by atoms with Gasteiger partial charge in [0, 0.05) is 6.61 Å². The molecule has 2 saturated heterocycles. The molecule has 0 amide bonds. The molecule has 3 unspecified atom stereocenters. The third-order valence-electron chi connectivity index (χ3n) is 2.67. The Morgan fingerprint density at radius 3 is 2.47 bits per heavy atom. The first-order chi connectivity index (χ1) is 7.38. The standard InChI is InChI=1S/C11H20O4/c1-2-9(13-7-11-8-15-11)3-4-12-5-10-6-14-10/h9-11H,2-8H2,1H3. The summed E-state index contributed by atoms with van der Waals surface area (Å²) in [5.41, 5.74) is 0. The van der Waals surface area contributed by atoms with E-state index in [1.807, 2.05) is 0 Å². The maximum atomic E-state index is 5.70. The summed E-state index contributed by atoms with van der Waals surface area (Å²) in [5.74, 6) is 0. The van der Waals surface area contributed by atoms with Crippen LogP contribution in [0.5, 0.6) is 0 Å². The van der Waals surface area contributed by atoms with Crippen molar-refractivity contribution in [2.75, 3.05) is 33.0 Å². The lowest BCUT2D eigenvalue weighted by Gasteiger charge is -2.15. The molecule has 0 aromatic heterocycles. The molecule has 0 bridgehead atoms. The van der Waals surface area contributed by atoms with E-state index in [1.165, 1.54) is 0 Å². The Morgan fingerprint density at radius 1 is 1.20 bits per heavy atom. The second-order valence-corrected chi connectivity index (χ2v) is 4.14. The lowest BCUT2D eigenvalue weighted by molar-refractivity contribution is 0.0106. The van der Waals surface area contributed by atoms with Crippen LogP contribution >= 0.6 is 0 Å². The molecule has 0 aromatic rings. The minimum Gasteiger partial charge on any atom is -0.379 e. The average molecular weight is 216 g/mol. The van der Waals surface area contributed by atoms with Crippen molar-refractivity contribution in [1.82, 2.24) is 0 Å². The molecule has 88 valence electrons. The fourth-order valence-electron chi connectivity index (χ4n) is 1.41. The Bertz CT molecular complexity index is 177. The molecule has 0 N–H and O–H groups in total. The van der Waals surface area contributed by atoms with Crippen LogP contribution in [0, 0.1) is 0 Å². The molecule has 2 heterocycles. The monoisotopic (exact) mass is 216 g/mol. The van der Waals surface area contributed by atoms with Crippen molar-refractivity contribution in [2.45, 2.75) is 38.1 Å². The van der Waals surface area contributed by atoms with Crippen molar-refractivity contribution in [3.63, 3.8) is 0 Å². The van der Waals surface area contributed by atoms with Crippen molar-refractivity contribution < 1.29 is 18.9 Å². The van der Waals surface area contributed by atoms with E-state index in [0.29, 0.717) is 18.3 Å². The van der Waals surface area contributed by atoms with Gasteiger partial charge in [-0.25, -0.2) is 0 Å². The minimum atomic E-state index is 0.314. The predicted molar refractivity (Wildman–Crippen MR) is 54.9 cm³/mol. The number of rotatable bonds is 9. The van der Waals surface area contributed by atoms with E-state index in [0.717, 1.165) is 45.9 Å². The summed E-state index contributed by atoms with van der Waals surface area (Å²) in [5, 5.41) is 0. The first kappa shape index (κ1) is 11.3. The quantitative estimate of drug-likeness (QED) is 0.426. The van der Waals surface area contributed by atoms with Gasteiger partial charge in [-0.2, -0.15) is 0 Å². The highest BCUT2D eigenvalue weighted by atomic mass is 16.6. The third-order valence-corrected chi connectivity index (χ3v) is 2.67. The van der Waals surface area contributed by atoms with Gasteiger partial charge in [0.2, 0.25) is 0 Å². The van der Waals surface area contributed by atoms with E-state index in [9.17, 15) is 0 Å². The number of ether oxygens (including phenoxy) is 4. The molecular formula is C11H20O4. The molecular weight excluding hydrogens is 196 g/mol. The smallest absolute Gasteiger partial charge is 0.104 e. The van der Waals surface area contributed by atoms with Crippen molar-refractivity contribution in [1.29, 1.82) is 0 Å². The molecule has 0 aliphatic carbocycles. The molecule has 0 aromatic carbocycles. The van der Waals surface area contributed by atoms with E-state index in [2.05, 4.69) is 6.92 Å². The summed E-state index contributed by atoms with van der Waals surface area (Å²) in [4.78, 5) is 0.